The molecule has 0 spiro atoms. The topological polar surface area (TPSA) is 0 Å². The minimum absolute atomic E-state index is 0. The summed E-state index contributed by atoms with van der Waals surface area (Å²) in [6, 6.07) is 119. The lowest BCUT2D eigenvalue weighted by molar-refractivity contribution is 1.23. The Morgan fingerprint density at radius 2 is 0.184 bits per heavy atom. The van der Waals surface area contributed by atoms with E-state index in [0.717, 1.165) is 77.0 Å². The molecule has 0 saturated heterocycles. The van der Waals surface area contributed by atoms with Crippen LogP contribution in [0.25, 0.3) is 187 Å². The molecule has 0 aliphatic heterocycles. The van der Waals surface area contributed by atoms with Crippen LogP contribution in [0, 0.1) is 55.4 Å². The normalized spacial score (nSPS) is 14.0. The first-order chi connectivity index (χ1) is 66.4. The number of benzene rings is 21. The van der Waals surface area contributed by atoms with Crippen molar-refractivity contribution in [2.45, 2.75) is 132 Å². The summed E-state index contributed by atoms with van der Waals surface area (Å²) < 4.78 is 0. The van der Waals surface area contributed by atoms with Gasteiger partial charge >= 0.3 is 0 Å². The Hall–Kier alpha value is -15.1. The minimum Gasteiger partial charge on any atom is -0.0587 e. The molecule has 0 aromatic heterocycles. The Morgan fingerprint density at radius 1 is 0.0956 bits per heavy atom. The first-order valence-corrected chi connectivity index (χ1v) is 49.7. The van der Waals surface area contributed by atoms with Gasteiger partial charge in [0, 0.05) is 17.1 Å². The summed E-state index contributed by atoms with van der Waals surface area (Å²) in [7, 11) is 0. The van der Waals surface area contributed by atoms with Gasteiger partial charge in [-0.3, -0.25) is 0 Å². The minimum atomic E-state index is 0. The van der Waals surface area contributed by atoms with Gasteiger partial charge < -0.3 is 0 Å². The van der Waals surface area contributed by atoms with Crippen LogP contribution in [-0.4, -0.2) is 0 Å². The van der Waals surface area contributed by atoms with Gasteiger partial charge in [-0.1, -0.05) is 251 Å². The predicted molar refractivity (Wildman–Crippen MR) is 595 cm³/mol. The Labute approximate surface area is 813 Å². The maximum atomic E-state index is 2.50. The monoisotopic (exact) mass is 1770 g/mol. The van der Waals surface area contributed by atoms with Gasteiger partial charge in [-0.15, -0.1) is 0 Å². The highest BCUT2D eigenvalue weighted by Gasteiger charge is 2.35. The molecule has 0 amide bonds. The fourth-order valence-electron chi connectivity index (χ4n) is 27.2. The van der Waals surface area contributed by atoms with Crippen LogP contribution in [0.4, 0.5) is 0 Å². The Balaban J connectivity index is 0.000000127. The lowest BCUT2D eigenvalue weighted by Crippen LogP contribution is -1.86. The Morgan fingerprint density at radius 3 is 0.309 bits per heavy atom. The van der Waals surface area contributed by atoms with E-state index in [-0.39, 0.29) is 17.1 Å². The molecule has 0 unspecified atom stereocenters. The molecule has 0 nitrogen and oxygen atoms in total. The molecular formula is C136H122. The molecule has 136 heavy (non-hydrogen) atoms. The summed E-state index contributed by atoms with van der Waals surface area (Å²) in [4.78, 5) is 0. The number of hydrogen-bond acceptors (Lipinski definition) is 0. The van der Waals surface area contributed by atoms with E-state index in [2.05, 4.69) is 359 Å². The first-order valence-electron chi connectivity index (χ1n) is 49.7. The lowest BCUT2D eigenvalue weighted by Gasteiger charge is -2.10. The van der Waals surface area contributed by atoms with Gasteiger partial charge in [0.1, 0.15) is 0 Å². The predicted octanol–water partition coefficient (Wildman–Crippen LogP) is 36.8. The summed E-state index contributed by atoms with van der Waals surface area (Å²) in [5.41, 5.74) is 80.7. The molecule has 33 rings (SSSR count). The van der Waals surface area contributed by atoms with Crippen LogP contribution in [0.1, 0.15) is 195 Å². The van der Waals surface area contributed by atoms with Gasteiger partial charge in [0.15, 0.2) is 0 Å². The molecule has 12 aliphatic rings. The van der Waals surface area contributed by atoms with Crippen LogP contribution < -0.4 is 0 Å². The third-order valence-electron chi connectivity index (χ3n) is 33.5. The largest absolute Gasteiger partial charge is 0.0587 e. The van der Waals surface area contributed by atoms with Gasteiger partial charge in [0.25, 0.3) is 0 Å². The van der Waals surface area contributed by atoms with Gasteiger partial charge in [0.05, 0.1) is 0 Å². The molecule has 0 N–H and O–H groups in total. The van der Waals surface area contributed by atoms with Gasteiger partial charge in [-0.2, -0.15) is 0 Å². The standard InChI is InChI=1S/C40H28.C37H26.C33H24.C26H20.12H2/c1-21-3-5-33-25(7-21)11-29-19-39-31(17-35(29)33)13-27-9-24-16-38-28(10-23(24)15-37(27)39)14-32-18-36-30(20-40(32)38)12-26-8-22(2)4-6-34(26)36;1-20-3-5-32-26(7-20)13-28-9-24-18-36-30(11-22(24)16-34(28)32)15-31-12-23-17-35-29(10-25(23)19-37(31)36)14-27-8-21(2)4-6-33(27)35;1-18-3-5-28-22(7-18)11-24-9-21-15-32-25(10-20(21)14-30(24)28)13-27-16-31-26(17-33(27)32)12-23-8-19(2)4-6-29(23)31;1-15-3-5-23-19(7-15)11-21-9-17-14-26-22(10-18(17)13-25(21)23)12-20-8-16(2)4-6-24(20)26;;;;;;;;;;;;/h3-10,15-20H,11-14H2,1-2H3;3-12,16-19H,13-15H2,1-2H3;3-10,14-17H,11-13H2,1-2H3;3-10,13-14H,11-12H2,1-2H3;12*1H/i;;;;12*1+1. The maximum Gasteiger partial charge on any atom is 0 e. The van der Waals surface area contributed by atoms with Crippen molar-refractivity contribution in [1.82, 2.24) is 0 Å². The zero-order valence-electron chi connectivity index (χ0n) is 78.4. The average molecular weight is 1770 g/mol. The average Bonchev–Trinajstić information content (AvgIpc) is 1.68. The van der Waals surface area contributed by atoms with Crippen LogP contribution in [0.5, 0.6) is 0 Å². The number of hydrogen-bond donors (Lipinski definition) is 0. The second-order valence-electron chi connectivity index (χ2n) is 42.7. The van der Waals surface area contributed by atoms with E-state index < -0.39 is 0 Å². The van der Waals surface area contributed by atoms with Crippen molar-refractivity contribution in [2.75, 3.05) is 0 Å². The van der Waals surface area contributed by atoms with Crippen molar-refractivity contribution in [3.05, 3.63) is 481 Å². The van der Waals surface area contributed by atoms with E-state index in [1.807, 2.05) is 0 Å². The molecule has 0 bridgehead atoms. The van der Waals surface area contributed by atoms with Crippen LogP contribution in [0.2, 0.25) is 0 Å². The molecule has 0 atom stereocenters. The second kappa shape index (κ2) is 28.3. The molecule has 0 radical (unpaired) electrons. The molecule has 12 aliphatic carbocycles. The molecule has 21 aromatic rings. The Bertz CT molecular complexity index is 8890. The quantitative estimate of drug-likeness (QED) is 0.142. The van der Waals surface area contributed by atoms with Crippen molar-refractivity contribution >= 4 is 53.9 Å². The number of fused-ring (bicyclic) bond motifs is 41. The lowest BCUT2D eigenvalue weighted by atomic mass is 9.94. The van der Waals surface area contributed by atoms with Crippen LogP contribution in [0.3, 0.4) is 0 Å². The highest BCUT2D eigenvalue weighted by atomic mass is 14.4. The van der Waals surface area contributed by atoms with Crippen LogP contribution in [-0.2, 0) is 77.0 Å². The Kier molecular flexibility index (Phi) is 16.1. The highest BCUT2D eigenvalue weighted by molar-refractivity contribution is 6.05. The van der Waals surface area contributed by atoms with Crippen LogP contribution >= 0.6 is 0 Å². The van der Waals surface area contributed by atoms with E-state index in [0.29, 0.717) is 0 Å². The van der Waals surface area contributed by atoms with Crippen LogP contribution in [0.15, 0.2) is 303 Å². The first kappa shape index (κ1) is 77.4. The maximum absolute atomic E-state index is 2.50. The zero-order chi connectivity index (χ0) is 89.9. The van der Waals surface area contributed by atoms with E-state index in [4.69, 9.17) is 0 Å². The van der Waals surface area contributed by atoms with Gasteiger partial charge in [-0.25, -0.2) is 0 Å². The van der Waals surface area contributed by atoms with Gasteiger partial charge in [-0.05, 0) is 550 Å². The summed E-state index contributed by atoms with van der Waals surface area (Å²) in [6.45, 7) is 17.5. The number of aryl methyl sites for hydroxylation is 8. The third-order valence-corrected chi connectivity index (χ3v) is 33.5. The van der Waals surface area contributed by atoms with Crippen molar-refractivity contribution in [3.63, 3.8) is 0 Å². The molecule has 666 valence electrons. The second-order valence-corrected chi connectivity index (χ2v) is 42.7. The summed E-state index contributed by atoms with van der Waals surface area (Å²) in [5, 5.41) is 13.7. The molecule has 0 heteroatoms. The molecule has 0 heterocycles. The van der Waals surface area contributed by atoms with E-state index in [1.54, 1.807) is 0 Å². The smallest absolute Gasteiger partial charge is 0 e. The molecular weight excluding hydrogens is 1630 g/mol. The summed E-state index contributed by atoms with van der Waals surface area (Å²) >= 11 is 0. The number of rotatable bonds is 0. The van der Waals surface area contributed by atoms with Crippen molar-refractivity contribution in [3.8, 4) is 134 Å². The zero-order valence-corrected chi connectivity index (χ0v) is 78.4. The van der Waals surface area contributed by atoms with Crippen molar-refractivity contribution in [2.24, 2.45) is 0 Å². The summed E-state index contributed by atoms with van der Waals surface area (Å²) in [6.07, 6.45) is 12.6. The SMILES string of the molecule is Cc1ccc2c(c1)Cc1cc3c(cc1-2)Cc1cc2cc4c(cc2cc1-3)Cc1cc(C)ccc1-4.Cc1ccc2c(c1)Cc1cc3c(cc1-2)Cc1cc2cc4c(cc2cc1-3)Cc1cc2c(cc1-4)Cc1cc(C)ccc1-2.Cc1ccc2c(c1)Cc1cc3cc4c(cc3cc1-2)Cc1cc(C)ccc1-4.Cc1ccc2c(c1)Cc1cc3cc4c(cc3cc1-2)Cc1cc2cc3c(cc2cc1-4)Cc1cc(C)ccc1-3.[2HH].[2HH].[2HH].[2HH].[2HH].[2HH].[2HH].[2HH].[2HH].[2HH].[2HH].[2HH]. The highest BCUT2D eigenvalue weighted by Crippen LogP contribution is 2.55. The van der Waals surface area contributed by atoms with Crippen molar-refractivity contribution in [1.29, 1.82) is 0 Å². The third kappa shape index (κ3) is 11.9. The fraction of sp³-hybridized carbons (Fsp3) is 0.147. The molecule has 0 fully saturated rings. The van der Waals surface area contributed by atoms with E-state index >= 15 is 0 Å². The summed E-state index contributed by atoms with van der Waals surface area (Å²) in [5.74, 6) is 0. The molecule has 0 saturated carbocycles. The van der Waals surface area contributed by atoms with E-state index in [1.165, 1.54) is 365 Å². The van der Waals surface area contributed by atoms with Crippen molar-refractivity contribution < 1.29 is 17.1 Å². The van der Waals surface area contributed by atoms with Gasteiger partial charge in [0.2, 0.25) is 0 Å². The molecule has 21 aromatic carbocycles. The van der Waals surface area contributed by atoms with E-state index in [9.17, 15) is 0 Å². The fourth-order valence-corrected chi connectivity index (χ4v) is 27.2.